The van der Waals surface area contributed by atoms with Gasteiger partial charge < -0.3 is 20.1 Å². The van der Waals surface area contributed by atoms with Crippen LogP contribution in [0.15, 0.2) is 10.6 Å². The second-order valence-electron chi connectivity index (χ2n) is 9.27. The first kappa shape index (κ1) is 19.3. The van der Waals surface area contributed by atoms with Gasteiger partial charge in [-0.25, -0.2) is 4.79 Å². The number of carbonyl (C=O) groups is 2. The van der Waals surface area contributed by atoms with E-state index in [0.29, 0.717) is 18.1 Å². The van der Waals surface area contributed by atoms with Gasteiger partial charge in [0.05, 0.1) is 0 Å². The van der Waals surface area contributed by atoms with Gasteiger partial charge in [0, 0.05) is 18.2 Å². The number of hydrogen-bond donors (Lipinski definition) is 2. The number of rotatable bonds is 7. The van der Waals surface area contributed by atoms with E-state index in [0.717, 1.165) is 49.9 Å². The molecule has 7 heteroatoms. The maximum atomic E-state index is 13.1. The number of unbranched alkanes of at least 4 members (excludes halogenated alkanes) is 1. The minimum atomic E-state index is -0.245. The first-order chi connectivity index (χ1) is 13.4. The van der Waals surface area contributed by atoms with E-state index >= 15 is 0 Å². The molecule has 4 bridgehead atoms. The van der Waals surface area contributed by atoms with Gasteiger partial charge in [0.25, 0.3) is 0 Å². The van der Waals surface area contributed by atoms with Crippen molar-refractivity contribution in [1.29, 1.82) is 0 Å². The van der Waals surface area contributed by atoms with Gasteiger partial charge >= 0.3 is 6.03 Å². The summed E-state index contributed by atoms with van der Waals surface area (Å²) >= 11 is 0. The van der Waals surface area contributed by atoms with Gasteiger partial charge in [-0.15, -0.1) is 0 Å². The van der Waals surface area contributed by atoms with Crippen LogP contribution < -0.4 is 10.6 Å². The van der Waals surface area contributed by atoms with E-state index in [1.165, 1.54) is 19.3 Å². The number of hydrogen-bond acceptors (Lipinski definition) is 4. The Hall–Kier alpha value is -2.05. The lowest BCUT2D eigenvalue weighted by molar-refractivity contribution is -0.116. The summed E-state index contributed by atoms with van der Waals surface area (Å²) in [7, 11) is 0. The zero-order valence-electron chi connectivity index (χ0n) is 17.0. The summed E-state index contributed by atoms with van der Waals surface area (Å²) in [6.07, 6.45) is 9.21. The van der Waals surface area contributed by atoms with Crippen LogP contribution in [-0.2, 0) is 4.79 Å². The number of anilines is 1. The zero-order valence-corrected chi connectivity index (χ0v) is 17.0. The third-order valence-corrected chi connectivity index (χ3v) is 6.71. The van der Waals surface area contributed by atoms with Crippen LogP contribution in [0.3, 0.4) is 0 Å². The average molecular weight is 389 g/mol. The zero-order chi connectivity index (χ0) is 19.7. The van der Waals surface area contributed by atoms with Crippen molar-refractivity contribution in [2.75, 3.05) is 18.4 Å². The number of aryl methyl sites for hydroxylation is 1. The van der Waals surface area contributed by atoms with E-state index in [2.05, 4.69) is 22.7 Å². The molecule has 5 rings (SSSR count). The number of urea groups is 1. The minimum absolute atomic E-state index is 0.0319. The fourth-order valence-electron chi connectivity index (χ4n) is 5.95. The molecule has 3 amide bonds. The molecule has 2 N–H and O–H groups in total. The monoisotopic (exact) mass is 388 g/mol. The van der Waals surface area contributed by atoms with Crippen molar-refractivity contribution in [1.82, 2.24) is 15.4 Å². The molecule has 0 atom stereocenters. The summed E-state index contributed by atoms with van der Waals surface area (Å²) in [5.74, 6) is 3.10. The molecule has 0 spiro atoms. The van der Waals surface area contributed by atoms with Crippen LogP contribution in [-0.4, -0.2) is 40.6 Å². The smallest absolute Gasteiger partial charge is 0.318 e. The van der Waals surface area contributed by atoms with Gasteiger partial charge in [-0.3, -0.25) is 4.79 Å². The number of nitrogens with zero attached hydrogens (tertiary/aromatic N) is 2. The van der Waals surface area contributed by atoms with E-state index < -0.39 is 0 Å². The largest absolute Gasteiger partial charge is 0.360 e. The molecule has 1 aromatic rings. The van der Waals surface area contributed by atoms with Crippen molar-refractivity contribution in [3.63, 3.8) is 0 Å². The van der Waals surface area contributed by atoms with Gasteiger partial charge in [-0.2, -0.15) is 0 Å². The molecule has 0 aromatic carbocycles. The first-order valence-corrected chi connectivity index (χ1v) is 10.7. The van der Waals surface area contributed by atoms with E-state index in [1.807, 2.05) is 0 Å². The van der Waals surface area contributed by atoms with E-state index in [4.69, 9.17) is 4.52 Å². The third-order valence-electron chi connectivity index (χ3n) is 6.71. The Kier molecular flexibility index (Phi) is 5.34. The number of amides is 3. The van der Waals surface area contributed by atoms with Crippen LogP contribution in [0, 0.1) is 24.7 Å². The summed E-state index contributed by atoms with van der Waals surface area (Å²) in [6, 6.07) is 1.57. The minimum Gasteiger partial charge on any atom is -0.360 e. The van der Waals surface area contributed by atoms with Crippen molar-refractivity contribution in [2.24, 2.45) is 17.8 Å². The van der Waals surface area contributed by atoms with E-state index in [1.54, 1.807) is 17.9 Å². The quantitative estimate of drug-likeness (QED) is 0.745. The van der Waals surface area contributed by atoms with Crippen molar-refractivity contribution in [2.45, 2.75) is 70.8 Å². The molecule has 4 fully saturated rings. The van der Waals surface area contributed by atoms with Gasteiger partial charge in [0.15, 0.2) is 5.82 Å². The molecule has 4 aliphatic carbocycles. The normalized spacial score (nSPS) is 30.3. The van der Waals surface area contributed by atoms with Gasteiger partial charge in [0.2, 0.25) is 5.91 Å². The van der Waals surface area contributed by atoms with Crippen LogP contribution in [0.25, 0.3) is 0 Å². The van der Waals surface area contributed by atoms with Crippen molar-refractivity contribution < 1.29 is 14.1 Å². The van der Waals surface area contributed by atoms with Crippen molar-refractivity contribution >= 4 is 17.8 Å². The molecule has 7 nitrogen and oxygen atoms in total. The molecular weight excluding hydrogens is 356 g/mol. The highest BCUT2D eigenvalue weighted by atomic mass is 16.5. The molecule has 154 valence electrons. The van der Waals surface area contributed by atoms with Crippen LogP contribution >= 0.6 is 0 Å². The van der Waals surface area contributed by atoms with E-state index in [-0.39, 0.29) is 24.0 Å². The lowest BCUT2D eigenvalue weighted by atomic mass is 9.53. The second kappa shape index (κ2) is 7.76. The summed E-state index contributed by atoms with van der Waals surface area (Å²) in [5, 5.41) is 9.89. The molecule has 28 heavy (non-hydrogen) atoms. The fraction of sp³-hybridized carbons (Fsp3) is 0.762. The summed E-state index contributed by atoms with van der Waals surface area (Å²) in [6.45, 7) is 4.48. The first-order valence-electron chi connectivity index (χ1n) is 10.7. The standard InChI is InChI=1S/C21H32N4O3/c1-3-4-5-25(13-19(26)22-18-6-14(2)28-24-18)20(27)23-21-10-15-7-16(11-21)9-17(8-15)12-21/h6,15-17H,3-5,7-13H2,1-2H3,(H,23,27)(H,22,24,26). The highest BCUT2D eigenvalue weighted by Gasteiger charge is 2.51. The van der Waals surface area contributed by atoms with Crippen molar-refractivity contribution in [3.8, 4) is 0 Å². The van der Waals surface area contributed by atoms with Gasteiger partial charge in [-0.05, 0) is 69.6 Å². The van der Waals surface area contributed by atoms with Gasteiger partial charge in [-0.1, -0.05) is 18.5 Å². The average Bonchev–Trinajstić information content (AvgIpc) is 3.01. The summed E-state index contributed by atoms with van der Waals surface area (Å²) < 4.78 is 4.98. The Morgan fingerprint density at radius 3 is 2.39 bits per heavy atom. The molecular formula is C21H32N4O3. The topological polar surface area (TPSA) is 87.5 Å². The molecule has 0 aliphatic heterocycles. The number of carbonyl (C=O) groups excluding carboxylic acids is 2. The molecule has 0 saturated heterocycles. The maximum absolute atomic E-state index is 13.1. The van der Waals surface area contributed by atoms with Crippen LogP contribution in [0.2, 0.25) is 0 Å². The van der Waals surface area contributed by atoms with Crippen LogP contribution in [0.1, 0.15) is 64.1 Å². The predicted octanol–water partition coefficient (Wildman–Crippen LogP) is 3.70. The summed E-state index contributed by atoms with van der Waals surface area (Å²) in [5.41, 5.74) is -0.0456. The molecule has 4 aliphatic rings. The second-order valence-corrected chi connectivity index (χ2v) is 9.27. The lowest BCUT2D eigenvalue weighted by Crippen LogP contribution is -2.62. The highest BCUT2D eigenvalue weighted by Crippen LogP contribution is 2.55. The Balaban J connectivity index is 1.39. The Labute approximate surface area is 166 Å². The lowest BCUT2D eigenvalue weighted by Gasteiger charge is -2.57. The molecule has 0 radical (unpaired) electrons. The Morgan fingerprint density at radius 2 is 1.86 bits per heavy atom. The van der Waals surface area contributed by atoms with Gasteiger partial charge in [0.1, 0.15) is 12.3 Å². The number of aromatic nitrogens is 1. The molecule has 0 unspecified atom stereocenters. The number of nitrogens with one attached hydrogen (secondary N) is 2. The molecule has 4 saturated carbocycles. The highest BCUT2D eigenvalue weighted by molar-refractivity contribution is 5.93. The summed E-state index contributed by atoms with van der Waals surface area (Å²) in [4.78, 5) is 27.2. The van der Waals surface area contributed by atoms with Crippen LogP contribution in [0.5, 0.6) is 0 Å². The SMILES string of the molecule is CCCCN(CC(=O)Nc1cc(C)on1)C(=O)NC12CC3CC(CC(C3)C1)C2. The Bertz CT molecular complexity index is 694. The third kappa shape index (κ3) is 4.18. The maximum Gasteiger partial charge on any atom is 0.318 e. The predicted molar refractivity (Wildman–Crippen MR) is 106 cm³/mol. The molecule has 1 heterocycles. The van der Waals surface area contributed by atoms with Crippen molar-refractivity contribution in [3.05, 3.63) is 11.8 Å². The molecule has 1 aromatic heterocycles. The Morgan fingerprint density at radius 1 is 1.21 bits per heavy atom. The van der Waals surface area contributed by atoms with E-state index in [9.17, 15) is 9.59 Å². The fourth-order valence-corrected chi connectivity index (χ4v) is 5.95. The van der Waals surface area contributed by atoms with Crippen LogP contribution in [0.4, 0.5) is 10.6 Å².